The molecular formula is C21H17N3S. The van der Waals surface area contributed by atoms with E-state index in [1.165, 1.54) is 32.6 Å². The first-order valence-corrected chi connectivity index (χ1v) is 9.30. The van der Waals surface area contributed by atoms with Crippen molar-refractivity contribution in [2.75, 3.05) is 0 Å². The summed E-state index contributed by atoms with van der Waals surface area (Å²) in [5.41, 5.74) is 9.38. The van der Waals surface area contributed by atoms with E-state index in [0.717, 1.165) is 12.1 Å². The van der Waals surface area contributed by atoms with Crippen LogP contribution in [0.4, 0.5) is 0 Å². The molecule has 2 N–H and O–H groups in total. The number of hydrazone groups is 1. The Morgan fingerprint density at radius 1 is 0.920 bits per heavy atom. The van der Waals surface area contributed by atoms with Gasteiger partial charge >= 0.3 is 0 Å². The fraction of sp³-hybridized carbons (Fsp3) is 0.0952. The van der Waals surface area contributed by atoms with Crippen molar-refractivity contribution in [2.45, 2.75) is 12.5 Å². The molecule has 3 heterocycles. The number of para-hydroxylation sites is 1. The van der Waals surface area contributed by atoms with Crippen LogP contribution in [0.3, 0.4) is 0 Å². The van der Waals surface area contributed by atoms with Gasteiger partial charge in [-0.15, -0.1) is 11.3 Å². The Morgan fingerprint density at radius 3 is 2.60 bits per heavy atom. The average molecular weight is 343 g/mol. The van der Waals surface area contributed by atoms with Crippen LogP contribution in [-0.4, -0.2) is 10.7 Å². The van der Waals surface area contributed by atoms with E-state index in [1.54, 1.807) is 11.3 Å². The Kier molecular flexibility index (Phi) is 3.42. The average Bonchev–Trinajstić information content (AvgIpc) is 3.40. The minimum Gasteiger partial charge on any atom is -0.354 e. The van der Waals surface area contributed by atoms with Gasteiger partial charge in [-0.2, -0.15) is 5.10 Å². The molecule has 25 heavy (non-hydrogen) atoms. The first kappa shape index (κ1) is 14.5. The van der Waals surface area contributed by atoms with E-state index in [2.05, 4.69) is 87.6 Å². The highest BCUT2D eigenvalue weighted by molar-refractivity contribution is 7.12. The van der Waals surface area contributed by atoms with Crippen LogP contribution < -0.4 is 5.43 Å². The summed E-state index contributed by atoms with van der Waals surface area (Å²) in [5.74, 6) is 0. The molecule has 2 aromatic heterocycles. The van der Waals surface area contributed by atoms with Gasteiger partial charge in [0.05, 0.1) is 22.3 Å². The Hall–Kier alpha value is -2.85. The summed E-state index contributed by atoms with van der Waals surface area (Å²) in [7, 11) is 0. The maximum atomic E-state index is 4.62. The number of aromatic amines is 1. The molecule has 0 fully saturated rings. The SMILES string of the molecule is c1ccc(-c2[nH]c3ccccc3c2C2CC(c3cccs3)=NN2)cc1. The fourth-order valence-electron chi connectivity index (χ4n) is 3.56. The Balaban J connectivity index is 1.61. The van der Waals surface area contributed by atoms with E-state index < -0.39 is 0 Å². The summed E-state index contributed by atoms with van der Waals surface area (Å²) in [4.78, 5) is 4.87. The molecule has 5 rings (SSSR count). The first-order valence-electron chi connectivity index (χ1n) is 8.42. The van der Waals surface area contributed by atoms with Crippen LogP contribution >= 0.6 is 11.3 Å². The van der Waals surface area contributed by atoms with E-state index in [4.69, 9.17) is 0 Å². The number of hydrogen-bond acceptors (Lipinski definition) is 3. The van der Waals surface area contributed by atoms with Gasteiger partial charge in [0.25, 0.3) is 0 Å². The molecule has 0 aliphatic carbocycles. The van der Waals surface area contributed by atoms with Crippen molar-refractivity contribution in [3.63, 3.8) is 0 Å². The number of thiophene rings is 1. The van der Waals surface area contributed by atoms with Crippen molar-refractivity contribution < 1.29 is 0 Å². The molecule has 122 valence electrons. The van der Waals surface area contributed by atoms with Crippen LogP contribution in [0.1, 0.15) is 22.9 Å². The molecule has 1 unspecified atom stereocenters. The lowest BCUT2D eigenvalue weighted by molar-refractivity contribution is 0.625. The number of rotatable bonds is 3. The number of benzene rings is 2. The third-order valence-corrected chi connectivity index (χ3v) is 5.63. The van der Waals surface area contributed by atoms with Gasteiger partial charge in [-0.3, -0.25) is 0 Å². The molecule has 0 spiro atoms. The van der Waals surface area contributed by atoms with E-state index in [0.29, 0.717) is 0 Å². The van der Waals surface area contributed by atoms with Crippen LogP contribution in [0.25, 0.3) is 22.2 Å². The largest absolute Gasteiger partial charge is 0.354 e. The van der Waals surface area contributed by atoms with Gasteiger partial charge in [-0.1, -0.05) is 54.6 Å². The molecule has 3 nitrogen and oxygen atoms in total. The van der Waals surface area contributed by atoms with Crippen molar-refractivity contribution in [3.05, 3.63) is 82.6 Å². The van der Waals surface area contributed by atoms with E-state index in [-0.39, 0.29) is 6.04 Å². The minimum absolute atomic E-state index is 0.184. The number of fused-ring (bicyclic) bond motifs is 1. The Bertz CT molecular complexity index is 1050. The maximum Gasteiger partial charge on any atom is 0.0799 e. The number of H-pyrrole nitrogens is 1. The molecule has 0 saturated carbocycles. The molecule has 4 aromatic rings. The lowest BCUT2D eigenvalue weighted by atomic mass is 9.96. The van der Waals surface area contributed by atoms with Crippen LogP contribution in [0.2, 0.25) is 0 Å². The number of aromatic nitrogens is 1. The maximum absolute atomic E-state index is 4.62. The topological polar surface area (TPSA) is 40.2 Å². The van der Waals surface area contributed by atoms with Gasteiger partial charge in [-0.05, 0) is 23.1 Å². The fourth-order valence-corrected chi connectivity index (χ4v) is 4.29. The van der Waals surface area contributed by atoms with Gasteiger partial charge in [0.2, 0.25) is 0 Å². The predicted octanol–water partition coefficient (Wildman–Crippen LogP) is 5.34. The normalized spacial score (nSPS) is 16.8. The quantitative estimate of drug-likeness (QED) is 0.518. The Morgan fingerprint density at radius 2 is 1.76 bits per heavy atom. The second-order valence-corrected chi connectivity index (χ2v) is 7.19. The zero-order chi connectivity index (χ0) is 16.6. The lowest BCUT2D eigenvalue weighted by Gasteiger charge is -2.12. The molecular weight excluding hydrogens is 326 g/mol. The molecule has 0 amide bonds. The standard InChI is InChI=1S/C21H17N3S/c1-2-7-14(8-3-1)21-20(15-9-4-5-10-16(15)22-21)18-13-17(23-24-18)19-11-6-12-25-19/h1-12,18,22,24H,13H2. The van der Waals surface area contributed by atoms with Crippen LogP contribution in [0.15, 0.2) is 77.2 Å². The van der Waals surface area contributed by atoms with Gasteiger partial charge in [0.1, 0.15) is 0 Å². The highest BCUT2D eigenvalue weighted by Gasteiger charge is 2.27. The highest BCUT2D eigenvalue weighted by atomic mass is 32.1. The van der Waals surface area contributed by atoms with Crippen molar-refractivity contribution in [2.24, 2.45) is 5.10 Å². The first-order chi connectivity index (χ1) is 12.4. The summed E-state index contributed by atoms with van der Waals surface area (Å²) < 4.78 is 0. The lowest BCUT2D eigenvalue weighted by Crippen LogP contribution is -2.10. The second kappa shape index (κ2) is 5.90. The second-order valence-electron chi connectivity index (χ2n) is 6.25. The summed E-state index contributed by atoms with van der Waals surface area (Å²) in [6, 6.07) is 23.4. The van der Waals surface area contributed by atoms with E-state index in [9.17, 15) is 0 Å². The zero-order valence-corrected chi connectivity index (χ0v) is 14.4. The van der Waals surface area contributed by atoms with Gasteiger partial charge in [0.15, 0.2) is 0 Å². The van der Waals surface area contributed by atoms with Crippen LogP contribution in [0.5, 0.6) is 0 Å². The highest BCUT2D eigenvalue weighted by Crippen LogP contribution is 2.38. The summed E-state index contributed by atoms with van der Waals surface area (Å²) in [6.45, 7) is 0. The van der Waals surface area contributed by atoms with Crippen LogP contribution in [-0.2, 0) is 0 Å². The summed E-state index contributed by atoms with van der Waals surface area (Å²) in [6.07, 6.45) is 0.905. The molecule has 1 atom stereocenters. The molecule has 0 bridgehead atoms. The smallest absolute Gasteiger partial charge is 0.0799 e. The Labute approximate surface area is 150 Å². The molecule has 0 saturated heterocycles. The van der Waals surface area contributed by atoms with Gasteiger partial charge < -0.3 is 10.4 Å². The third-order valence-electron chi connectivity index (χ3n) is 4.72. The van der Waals surface area contributed by atoms with Crippen molar-refractivity contribution in [1.29, 1.82) is 0 Å². The molecule has 2 aromatic carbocycles. The van der Waals surface area contributed by atoms with Crippen LogP contribution in [0, 0.1) is 0 Å². The number of nitrogens with one attached hydrogen (secondary N) is 2. The van der Waals surface area contributed by atoms with Crippen molar-refractivity contribution in [3.8, 4) is 11.3 Å². The zero-order valence-electron chi connectivity index (χ0n) is 13.6. The van der Waals surface area contributed by atoms with Gasteiger partial charge in [-0.25, -0.2) is 0 Å². The molecule has 1 aliphatic heterocycles. The number of hydrogen-bond donors (Lipinski definition) is 2. The van der Waals surface area contributed by atoms with Crippen molar-refractivity contribution in [1.82, 2.24) is 10.4 Å². The third kappa shape index (κ3) is 2.46. The van der Waals surface area contributed by atoms with E-state index >= 15 is 0 Å². The van der Waals surface area contributed by atoms with Crippen molar-refractivity contribution >= 4 is 28.0 Å². The molecule has 1 aliphatic rings. The van der Waals surface area contributed by atoms with E-state index in [1.807, 2.05) is 0 Å². The summed E-state index contributed by atoms with van der Waals surface area (Å²) >= 11 is 1.75. The summed E-state index contributed by atoms with van der Waals surface area (Å²) in [5, 5.41) is 7.99. The van der Waals surface area contributed by atoms with Gasteiger partial charge in [0, 0.05) is 22.9 Å². The molecule has 4 heteroatoms. The number of nitrogens with zero attached hydrogens (tertiary/aromatic N) is 1. The minimum atomic E-state index is 0.184. The monoisotopic (exact) mass is 343 g/mol. The molecule has 0 radical (unpaired) electrons. The predicted molar refractivity (Wildman–Crippen MR) is 105 cm³/mol.